The fourth-order valence-corrected chi connectivity index (χ4v) is 3.69. The van der Waals surface area contributed by atoms with Gasteiger partial charge < -0.3 is 14.4 Å². The van der Waals surface area contributed by atoms with Gasteiger partial charge in [-0.1, -0.05) is 24.3 Å². The number of nitrogens with zero attached hydrogens (tertiary/aromatic N) is 2. The summed E-state index contributed by atoms with van der Waals surface area (Å²) in [7, 11) is 0. The van der Waals surface area contributed by atoms with E-state index in [1.807, 2.05) is 29.2 Å². The maximum atomic E-state index is 12.7. The fourth-order valence-electron chi connectivity index (χ4n) is 3.69. The number of hydrogen-bond donors (Lipinski definition) is 1. The second kappa shape index (κ2) is 7.84. The number of carboxylic acids is 1. The van der Waals surface area contributed by atoms with Crippen LogP contribution in [0.4, 0.5) is 0 Å². The molecule has 6 nitrogen and oxygen atoms in total. The number of carbonyl (C=O) groups is 2. The van der Waals surface area contributed by atoms with E-state index in [0.29, 0.717) is 25.3 Å². The molecule has 28 heavy (non-hydrogen) atoms. The Kier molecular flexibility index (Phi) is 5.10. The summed E-state index contributed by atoms with van der Waals surface area (Å²) in [5.41, 5.74) is 2.86. The van der Waals surface area contributed by atoms with E-state index in [-0.39, 0.29) is 17.4 Å². The first-order valence-electron chi connectivity index (χ1n) is 9.55. The summed E-state index contributed by atoms with van der Waals surface area (Å²) in [4.78, 5) is 30.1. The number of aryl methyl sites for hydroxylation is 1. The number of aromatic nitrogens is 1. The van der Waals surface area contributed by atoms with Gasteiger partial charge in [-0.15, -0.1) is 0 Å². The van der Waals surface area contributed by atoms with E-state index in [9.17, 15) is 9.59 Å². The van der Waals surface area contributed by atoms with Crippen LogP contribution in [0.3, 0.4) is 0 Å². The predicted octanol–water partition coefficient (Wildman–Crippen LogP) is 3.86. The van der Waals surface area contributed by atoms with Gasteiger partial charge in [-0.25, -0.2) is 9.78 Å². The van der Waals surface area contributed by atoms with E-state index < -0.39 is 5.97 Å². The fraction of sp³-hybridized carbons (Fsp3) is 0.318. The molecule has 144 valence electrons. The topological polar surface area (TPSA) is 83.6 Å². The van der Waals surface area contributed by atoms with Crippen molar-refractivity contribution >= 4 is 23.0 Å². The van der Waals surface area contributed by atoms with Crippen molar-refractivity contribution in [1.29, 1.82) is 0 Å². The Balaban J connectivity index is 1.37. The zero-order valence-corrected chi connectivity index (χ0v) is 15.5. The lowest BCUT2D eigenvalue weighted by molar-refractivity contribution is -0.132. The molecule has 0 saturated carbocycles. The molecule has 6 heteroatoms. The molecule has 0 aliphatic carbocycles. The maximum Gasteiger partial charge on any atom is 0.335 e. The molecule has 2 aromatic carbocycles. The average Bonchev–Trinajstić information content (AvgIpc) is 3.17. The quantitative estimate of drug-likeness (QED) is 0.729. The number of oxazole rings is 1. The highest BCUT2D eigenvalue weighted by Crippen LogP contribution is 2.29. The predicted molar refractivity (Wildman–Crippen MR) is 104 cm³/mol. The third kappa shape index (κ3) is 3.91. The zero-order chi connectivity index (χ0) is 19.5. The molecule has 0 spiro atoms. The van der Waals surface area contributed by atoms with E-state index in [2.05, 4.69) is 4.98 Å². The van der Waals surface area contributed by atoms with Gasteiger partial charge in [-0.2, -0.15) is 0 Å². The highest BCUT2D eigenvalue weighted by atomic mass is 16.4. The summed E-state index contributed by atoms with van der Waals surface area (Å²) in [6, 6.07) is 14.4. The highest BCUT2D eigenvalue weighted by molar-refractivity contribution is 5.87. The maximum absolute atomic E-state index is 12.7. The molecule has 1 fully saturated rings. The summed E-state index contributed by atoms with van der Waals surface area (Å²) >= 11 is 0. The van der Waals surface area contributed by atoms with Crippen LogP contribution >= 0.6 is 0 Å². The lowest BCUT2D eigenvalue weighted by Crippen LogP contribution is -2.39. The number of benzene rings is 2. The Bertz CT molecular complexity index is 960. The van der Waals surface area contributed by atoms with Gasteiger partial charge in [0, 0.05) is 19.5 Å². The van der Waals surface area contributed by atoms with Gasteiger partial charge in [0.2, 0.25) is 5.91 Å². The number of piperidine rings is 1. The van der Waals surface area contributed by atoms with Crippen LogP contribution in [0.5, 0.6) is 0 Å². The van der Waals surface area contributed by atoms with Crippen molar-refractivity contribution in [3.05, 3.63) is 65.5 Å². The molecule has 1 atom stereocenters. The number of amides is 1. The largest absolute Gasteiger partial charge is 0.478 e. The first-order chi connectivity index (χ1) is 13.6. The lowest BCUT2D eigenvalue weighted by atomic mass is 9.97. The number of carboxylic acid groups (broad SMARTS) is 1. The van der Waals surface area contributed by atoms with E-state index in [4.69, 9.17) is 9.52 Å². The van der Waals surface area contributed by atoms with Crippen molar-refractivity contribution in [2.45, 2.75) is 31.6 Å². The number of aromatic carboxylic acids is 1. The van der Waals surface area contributed by atoms with Crippen LogP contribution in [0.1, 0.15) is 47.0 Å². The minimum atomic E-state index is -0.943. The first kappa shape index (κ1) is 18.2. The standard InChI is InChI=1S/C22H22N2O4/c25-20(12-9-15-7-10-16(11-8-15)22(26)27)24-13-3-4-17(14-24)21-23-18-5-1-2-6-19(18)28-21/h1-2,5-8,10-11,17H,3-4,9,12-14H2,(H,26,27)/t17-/m1/s1. The van der Waals surface area contributed by atoms with Crippen LogP contribution in [0, 0.1) is 0 Å². The van der Waals surface area contributed by atoms with Crippen molar-refractivity contribution in [3.63, 3.8) is 0 Å². The number of rotatable bonds is 5. The summed E-state index contributed by atoms with van der Waals surface area (Å²) in [5, 5.41) is 8.96. The third-order valence-corrected chi connectivity index (χ3v) is 5.26. The molecule has 4 rings (SSSR count). The second-order valence-electron chi connectivity index (χ2n) is 7.20. The molecule has 1 amide bonds. The van der Waals surface area contributed by atoms with Crippen LogP contribution < -0.4 is 0 Å². The van der Waals surface area contributed by atoms with Crippen LogP contribution in [-0.4, -0.2) is 40.0 Å². The summed E-state index contributed by atoms with van der Waals surface area (Å²) < 4.78 is 5.90. The Morgan fingerprint density at radius 3 is 2.68 bits per heavy atom. The molecule has 1 N–H and O–H groups in total. The third-order valence-electron chi connectivity index (χ3n) is 5.26. The van der Waals surface area contributed by atoms with Crippen LogP contribution in [0.2, 0.25) is 0 Å². The molecule has 2 heterocycles. The van der Waals surface area contributed by atoms with Crippen LogP contribution in [0.15, 0.2) is 52.9 Å². The van der Waals surface area contributed by atoms with Crippen molar-refractivity contribution in [3.8, 4) is 0 Å². The van der Waals surface area contributed by atoms with E-state index in [1.54, 1.807) is 24.3 Å². The number of hydrogen-bond acceptors (Lipinski definition) is 4. The van der Waals surface area contributed by atoms with Gasteiger partial charge in [0.15, 0.2) is 11.5 Å². The Morgan fingerprint density at radius 1 is 1.14 bits per heavy atom. The molecule has 1 saturated heterocycles. The molecule has 1 aliphatic heterocycles. The van der Waals surface area contributed by atoms with Crippen molar-refractivity contribution < 1.29 is 19.1 Å². The van der Waals surface area contributed by atoms with Gasteiger partial charge >= 0.3 is 5.97 Å². The monoisotopic (exact) mass is 378 g/mol. The molecule has 3 aromatic rings. The smallest absolute Gasteiger partial charge is 0.335 e. The average molecular weight is 378 g/mol. The van der Waals surface area contributed by atoms with Crippen LogP contribution in [0.25, 0.3) is 11.1 Å². The van der Waals surface area contributed by atoms with Gasteiger partial charge in [0.25, 0.3) is 0 Å². The van der Waals surface area contributed by atoms with Crippen LogP contribution in [-0.2, 0) is 11.2 Å². The first-order valence-corrected chi connectivity index (χ1v) is 9.55. The number of fused-ring (bicyclic) bond motifs is 1. The number of para-hydroxylation sites is 2. The van der Waals surface area contributed by atoms with Gasteiger partial charge in [0.1, 0.15) is 5.52 Å². The van der Waals surface area contributed by atoms with Crippen molar-refractivity contribution in [2.24, 2.45) is 0 Å². The van der Waals surface area contributed by atoms with Gasteiger partial charge in [-0.3, -0.25) is 4.79 Å². The summed E-state index contributed by atoms with van der Waals surface area (Å²) in [6.07, 6.45) is 2.91. The van der Waals surface area contributed by atoms with E-state index in [1.165, 1.54) is 0 Å². The number of likely N-dealkylation sites (tertiary alicyclic amines) is 1. The molecule has 0 unspecified atom stereocenters. The second-order valence-corrected chi connectivity index (χ2v) is 7.20. The van der Waals surface area contributed by atoms with E-state index >= 15 is 0 Å². The summed E-state index contributed by atoms with van der Waals surface area (Å²) in [6.45, 7) is 1.39. The molecular weight excluding hydrogens is 356 g/mol. The van der Waals surface area contributed by atoms with Crippen molar-refractivity contribution in [2.75, 3.05) is 13.1 Å². The Hall–Kier alpha value is -3.15. The molecule has 0 radical (unpaired) electrons. The van der Waals surface area contributed by atoms with Gasteiger partial charge in [0.05, 0.1) is 11.5 Å². The number of carbonyl (C=O) groups excluding carboxylic acids is 1. The molecule has 1 aromatic heterocycles. The zero-order valence-electron chi connectivity index (χ0n) is 15.5. The summed E-state index contributed by atoms with van der Waals surface area (Å²) in [5.74, 6) is 0.00668. The lowest BCUT2D eigenvalue weighted by Gasteiger charge is -2.31. The minimum Gasteiger partial charge on any atom is -0.478 e. The Labute approximate surface area is 162 Å². The minimum absolute atomic E-state index is 0.114. The van der Waals surface area contributed by atoms with Gasteiger partial charge in [-0.05, 0) is 49.1 Å². The SMILES string of the molecule is O=C(O)c1ccc(CCC(=O)N2CCC[C@@H](c3nc4ccccc4o3)C2)cc1. The Morgan fingerprint density at radius 2 is 1.93 bits per heavy atom. The molecule has 1 aliphatic rings. The normalized spacial score (nSPS) is 17.0. The van der Waals surface area contributed by atoms with Crippen molar-refractivity contribution in [1.82, 2.24) is 9.88 Å². The molecular formula is C22H22N2O4. The molecule has 0 bridgehead atoms. The van der Waals surface area contributed by atoms with E-state index in [0.717, 1.165) is 36.0 Å². The highest BCUT2D eigenvalue weighted by Gasteiger charge is 2.27.